The van der Waals surface area contributed by atoms with Gasteiger partial charge in [-0.1, -0.05) is 77.4 Å². The van der Waals surface area contributed by atoms with Crippen LogP contribution in [0.2, 0.25) is 0 Å². The molecule has 2 aromatic carbocycles. The van der Waals surface area contributed by atoms with Crippen molar-refractivity contribution in [3.63, 3.8) is 0 Å². The number of benzene rings is 2. The molecule has 2 rings (SSSR count). The fourth-order valence-electron chi connectivity index (χ4n) is 3.20. The molecule has 25 heavy (non-hydrogen) atoms. The maximum absolute atomic E-state index is 10.9. The zero-order valence-electron chi connectivity index (χ0n) is 16.9. The molecular weight excluding hydrogens is 306 g/mol. The molecule has 0 saturated carbocycles. The highest BCUT2D eigenvalue weighted by molar-refractivity contribution is 5.51. The molecule has 0 amide bonds. The number of phenols is 1. The summed E-state index contributed by atoms with van der Waals surface area (Å²) in [4.78, 5) is 2.36. The lowest BCUT2D eigenvalue weighted by Crippen LogP contribution is -2.32. The zero-order valence-corrected chi connectivity index (χ0v) is 16.9. The fourth-order valence-corrected chi connectivity index (χ4v) is 3.20. The quantitative estimate of drug-likeness (QED) is 0.733. The average Bonchev–Trinajstić information content (AvgIpc) is 2.48. The van der Waals surface area contributed by atoms with E-state index in [-0.39, 0.29) is 10.8 Å². The summed E-state index contributed by atoms with van der Waals surface area (Å²) >= 11 is 0. The molecule has 0 atom stereocenters. The number of aryl methyl sites for hydroxylation is 1. The smallest absolute Gasteiger partial charge is 0.124 e. The number of nitrogens with zero attached hydrogens (tertiary/aromatic N) is 1. The van der Waals surface area contributed by atoms with Crippen molar-refractivity contribution in [3.8, 4) is 5.75 Å². The van der Waals surface area contributed by atoms with Crippen molar-refractivity contribution in [1.82, 2.24) is 0 Å². The minimum atomic E-state index is -0.0769. The van der Waals surface area contributed by atoms with Crippen LogP contribution in [-0.4, -0.2) is 11.7 Å². The molecule has 0 fully saturated rings. The van der Waals surface area contributed by atoms with E-state index in [1.807, 2.05) is 6.07 Å². The molecule has 0 aliphatic rings. The summed E-state index contributed by atoms with van der Waals surface area (Å²) < 4.78 is 0. The van der Waals surface area contributed by atoms with E-state index in [1.54, 1.807) is 0 Å². The SMILES string of the molecule is Cc1cc(CN(CC(C)(C)C)c2ccccc2)c(O)c(C(C)(C)C)c1. The van der Waals surface area contributed by atoms with E-state index in [0.717, 1.165) is 17.7 Å². The van der Waals surface area contributed by atoms with Gasteiger partial charge >= 0.3 is 0 Å². The van der Waals surface area contributed by atoms with Crippen molar-refractivity contribution in [1.29, 1.82) is 0 Å². The van der Waals surface area contributed by atoms with E-state index in [2.05, 4.69) is 89.8 Å². The van der Waals surface area contributed by atoms with Crippen LogP contribution in [0.3, 0.4) is 0 Å². The monoisotopic (exact) mass is 339 g/mol. The average molecular weight is 340 g/mol. The van der Waals surface area contributed by atoms with Crippen LogP contribution in [0.4, 0.5) is 5.69 Å². The molecule has 0 bridgehead atoms. The first-order valence-electron chi connectivity index (χ1n) is 9.10. The van der Waals surface area contributed by atoms with Crippen LogP contribution in [0.15, 0.2) is 42.5 Å². The Morgan fingerprint density at radius 2 is 1.52 bits per heavy atom. The van der Waals surface area contributed by atoms with Crippen LogP contribution >= 0.6 is 0 Å². The summed E-state index contributed by atoms with van der Waals surface area (Å²) in [6.07, 6.45) is 0. The molecule has 0 spiro atoms. The Balaban J connectivity index is 2.44. The maximum atomic E-state index is 10.9. The van der Waals surface area contributed by atoms with Gasteiger partial charge < -0.3 is 10.0 Å². The molecule has 1 N–H and O–H groups in total. The van der Waals surface area contributed by atoms with E-state index in [4.69, 9.17) is 0 Å². The third-order valence-electron chi connectivity index (χ3n) is 4.29. The number of hydrogen-bond acceptors (Lipinski definition) is 2. The van der Waals surface area contributed by atoms with Crippen molar-refractivity contribution in [3.05, 3.63) is 59.2 Å². The summed E-state index contributed by atoms with van der Waals surface area (Å²) in [6, 6.07) is 14.7. The highest BCUT2D eigenvalue weighted by atomic mass is 16.3. The third-order valence-corrected chi connectivity index (χ3v) is 4.29. The minimum absolute atomic E-state index is 0.0769. The normalized spacial score (nSPS) is 12.3. The van der Waals surface area contributed by atoms with Gasteiger partial charge in [0.25, 0.3) is 0 Å². The van der Waals surface area contributed by atoms with Gasteiger partial charge in [-0.2, -0.15) is 0 Å². The van der Waals surface area contributed by atoms with E-state index < -0.39 is 0 Å². The van der Waals surface area contributed by atoms with Gasteiger partial charge in [0.2, 0.25) is 0 Å². The molecule has 0 aliphatic heterocycles. The molecule has 2 nitrogen and oxygen atoms in total. The topological polar surface area (TPSA) is 23.5 Å². The summed E-state index contributed by atoms with van der Waals surface area (Å²) in [7, 11) is 0. The van der Waals surface area contributed by atoms with Gasteiger partial charge in [0.1, 0.15) is 5.75 Å². The van der Waals surface area contributed by atoms with Gasteiger partial charge in [-0.3, -0.25) is 0 Å². The van der Waals surface area contributed by atoms with Crippen LogP contribution in [0, 0.1) is 12.3 Å². The lowest BCUT2D eigenvalue weighted by atomic mass is 9.84. The highest BCUT2D eigenvalue weighted by Gasteiger charge is 2.23. The van der Waals surface area contributed by atoms with E-state index in [9.17, 15) is 5.11 Å². The molecule has 136 valence electrons. The first kappa shape index (κ1) is 19.4. The molecule has 2 heteroatoms. The molecular formula is C23H33NO. The summed E-state index contributed by atoms with van der Waals surface area (Å²) in [6.45, 7) is 16.9. The largest absolute Gasteiger partial charge is 0.507 e. The van der Waals surface area contributed by atoms with Gasteiger partial charge in [0.05, 0.1) is 0 Å². The van der Waals surface area contributed by atoms with E-state index in [1.165, 1.54) is 11.3 Å². The van der Waals surface area contributed by atoms with Gasteiger partial charge in [-0.05, 0) is 35.4 Å². The summed E-state index contributed by atoms with van der Waals surface area (Å²) in [5, 5.41) is 10.9. The second-order valence-electron chi connectivity index (χ2n) is 9.32. The number of rotatable bonds is 4. The van der Waals surface area contributed by atoms with Crippen molar-refractivity contribution in [2.75, 3.05) is 11.4 Å². The van der Waals surface area contributed by atoms with E-state index >= 15 is 0 Å². The molecule has 0 saturated heterocycles. The number of hydrogen-bond donors (Lipinski definition) is 1. The van der Waals surface area contributed by atoms with Crippen molar-refractivity contribution < 1.29 is 5.11 Å². The highest BCUT2D eigenvalue weighted by Crippen LogP contribution is 2.36. The predicted molar refractivity (Wildman–Crippen MR) is 108 cm³/mol. The molecule has 0 radical (unpaired) electrons. The first-order valence-corrected chi connectivity index (χ1v) is 9.10. The Labute approximate surface area is 153 Å². The second kappa shape index (κ2) is 7.11. The Bertz CT molecular complexity index is 705. The molecule has 0 unspecified atom stereocenters. The summed E-state index contributed by atoms with van der Waals surface area (Å²) in [5.41, 5.74) is 4.50. The van der Waals surface area contributed by atoms with Crippen molar-refractivity contribution in [2.45, 2.75) is 60.4 Å². The number of anilines is 1. The van der Waals surface area contributed by atoms with Gasteiger partial charge in [0, 0.05) is 24.3 Å². The Kier molecular flexibility index (Phi) is 5.51. The van der Waals surface area contributed by atoms with Crippen LogP contribution in [0.25, 0.3) is 0 Å². The number of phenolic OH excluding ortho intramolecular Hbond substituents is 1. The lowest BCUT2D eigenvalue weighted by Gasteiger charge is -2.33. The molecule has 0 heterocycles. The molecule has 2 aromatic rings. The molecule has 0 aliphatic carbocycles. The Morgan fingerprint density at radius 3 is 2.04 bits per heavy atom. The van der Waals surface area contributed by atoms with Crippen LogP contribution in [-0.2, 0) is 12.0 Å². The van der Waals surface area contributed by atoms with Gasteiger partial charge in [-0.15, -0.1) is 0 Å². The Hall–Kier alpha value is -1.96. The predicted octanol–water partition coefficient (Wildman–Crippen LogP) is 6.05. The van der Waals surface area contributed by atoms with Gasteiger partial charge in [0.15, 0.2) is 0 Å². The second-order valence-corrected chi connectivity index (χ2v) is 9.32. The van der Waals surface area contributed by atoms with Crippen molar-refractivity contribution >= 4 is 5.69 Å². The third kappa shape index (κ3) is 5.26. The van der Waals surface area contributed by atoms with E-state index in [0.29, 0.717) is 12.3 Å². The van der Waals surface area contributed by atoms with Gasteiger partial charge in [-0.25, -0.2) is 0 Å². The van der Waals surface area contributed by atoms with Crippen molar-refractivity contribution in [2.24, 2.45) is 5.41 Å². The zero-order chi connectivity index (χ0) is 18.8. The molecule has 0 aromatic heterocycles. The number of aromatic hydroxyl groups is 1. The standard InChI is InChI=1S/C23H33NO/c1-17-13-18(21(25)20(14-17)23(5,6)7)15-24(16-22(2,3)4)19-11-9-8-10-12-19/h8-14,25H,15-16H2,1-7H3. The maximum Gasteiger partial charge on any atom is 0.124 e. The number of para-hydroxylation sites is 1. The first-order chi connectivity index (χ1) is 11.5. The van der Waals surface area contributed by atoms with Crippen LogP contribution in [0.1, 0.15) is 58.2 Å². The lowest BCUT2D eigenvalue weighted by molar-refractivity contribution is 0.403. The van der Waals surface area contributed by atoms with Crippen LogP contribution in [0.5, 0.6) is 5.75 Å². The minimum Gasteiger partial charge on any atom is -0.507 e. The Morgan fingerprint density at radius 1 is 0.920 bits per heavy atom. The van der Waals surface area contributed by atoms with Crippen LogP contribution < -0.4 is 4.90 Å². The summed E-state index contributed by atoms with van der Waals surface area (Å²) in [5.74, 6) is 0.438. The fraction of sp³-hybridized carbons (Fsp3) is 0.478.